The predicted octanol–water partition coefficient (Wildman–Crippen LogP) is 1.72. The average molecular weight is 400 g/mol. The lowest BCUT2D eigenvalue weighted by Crippen LogP contribution is -2.37. The first-order chi connectivity index (χ1) is 11.8. The van der Waals surface area contributed by atoms with Gasteiger partial charge in [-0.25, -0.2) is 0 Å². The first kappa shape index (κ1) is 19.7. The van der Waals surface area contributed by atoms with Gasteiger partial charge in [-0.1, -0.05) is 12.1 Å². The summed E-state index contributed by atoms with van der Waals surface area (Å²) in [6.45, 7) is 5.02. The summed E-state index contributed by atoms with van der Waals surface area (Å²) < 4.78 is 5.29. The number of rotatable bonds is 3. The zero-order valence-electron chi connectivity index (χ0n) is 14.9. The van der Waals surface area contributed by atoms with Gasteiger partial charge in [0.1, 0.15) is 5.75 Å². The molecule has 4 aliphatic rings. The van der Waals surface area contributed by atoms with Gasteiger partial charge in [0.25, 0.3) is 0 Å². The number of hydrogen-bond acceptors (Lipinski definition) is 4. The van der Waals surface area contributed by atoms with Crippen LogP contribution in [0.2, 0.25) is 0 Å². The summed E-state index contributed by atoms with van der Waals surface area (Å²) in [4.78, 5) is 15.4. The molecule has 0 radical (unpaired) electrons. The number of ether oxygens (including phenoxy) is 1. The summed E-state index contributed by atoms with van der Waals surface area (Å²) in [7, 11) is 1.69. The third-order valence-electron chi connectivity index (χ3n) is 6.68. The maximum absolute atomic E-state index is 13.2. The Bertz CT molecular complexity index is 647. The Balaban J connectivity index is 0.000000980. The lowest BCUT2D eigenvalue weighted by atomic mass is 9.89. The van der Waals surface area contributed by atoms with Gasteiger partial charge in [-0.2, -0.15) is 0 Å². The minimum absolute atomic E-state index is 0. The molecule has 7 heteroatoms. The van der Waals surface area contributed by atoms with Crippen LogP contribution < -0.4 is 15.4 Å². The highest BCUT2D eigenvalue weighted by Crippen LogP contribution is 2.52. The fourth-order valence-electron chi connectivity index (χ4n) is 5.35. The fourth-order valence-corrected chi connectivity index (χ4v) is 5.35. The van der Waals surface area contributed by atoms with Crippen LogP contribution in [0.5, 0.6) is 5.75 Å². The van der Waals surface area contributed by atoms with E-state index in [0.29, 0.717) is 29.6 Å². The smallest absolute Gasteiger partial charge is 0.226 e. The Labute approximate surface area is 167 Å². The third kappa shape index (κ3) is 2.99. The highest BCUT2D eigenvalue weighted by Gasteiger charge is 2.60. The maximum Gasteiger partial charge on any atom is 0.226 e. The van der Waals surface area contributed by atoms with Gasteiger partial charge in [0.2, 0.25) is 5.91 Å². The maximum atomic E-state index is 13.2. The van der Waals surface area contributed by atoms with Gasteiger partial charge < -0.3 is 20.3 Å². The molecule has 6 atom stereocenters. The molecule has 1 aromatic rings. The van der Waals surface area contributed by atoms with E-state index in [1.165, 1.54) is 5.56 Å². The highest BCUT2D eigenvalue weighted by molar-refractivity contribution is 5.85. The molecular weight excluding hydrogens is 373 g/mol. The Morgan fingerprint density at radius 1 is 1.00 bits per heavy atom. The molecule has 3 saturated heterocycles. The van der Waals surface area contributed by atoms with Crippen molar-refractivity contribution in [3.8, 4) is 5.75 Å². The minimum Gasteiger partial charge on any atom is -0.497 e. The van der Waals surface area contributed by atoms with Crippen LogP contribution in [-0.4, -0.2) is 50.6 Å². The van der Waals surface area contributed by atoms with Crippen molar-refractivity contribution in [1.29, 1.82) is 0 Å². The number of methoxy groups -OCH3 is 1. The fraction of sp³-hybridized carbons (Fsp3) is 0.632. The van der Waals surface area contributed by atoms with E-state index in [2.05, 4.69) is 27.7 Å². The number of halogens is 2. The molecule has 3 aliphatic heterocycles. The quantitative estimate of drug-likeness (QED) is 0.812. The van der Waals surface area contributed by atoms with Gasteiger partial charge >= 0.3 is 0 Å². The molecule has 1 unspecified atom stereocenters. The van der Waals surface area contributed by atoms with E-state index in [1.807, 2.05) is 12.1 Å². The van der Waals surface area contributed by atoms with E-state index < -0.39 is 0 Å². The van der Waals surface area contributed by atoms with Crippen LogP contribution in [0.4, 0.5) is 0 Å². The van der Waals surface area contributed by atoms with Crippen LogP contribution in [0.3, 0.4) is 0 Å². The van der Waals surface area contributed by atoms with E-state index in [1.54, 1.807) is 7.11 Å². The first-order valence-electron chi connectivity index (χ1n) is 9.14. The Hall–Kier alpha value is -1.01. The van der Waals surface area contributed by atoms with Crippen molar-refractivity contribution < 1.29 is 9.53 Å². The zero-order chi connectivity index (χ0) is 16.3. The van der Waals surface area contributed by atoms with E-state index in [9.17, 15) is 4.79 Å². The highest BCUT2D eigenvalue weighted by atomic mass is 35.5. The number of nitrogens with zero attached hydrogens (tertiary/aromatic N) is 1. The van der Waals surface area contributed by atoms with Gasteiger partial charge in [0.15, 0.2) is 0 Å². The number of nitrogens with one attached hydrogen (secondary N) is 2. The second-order valence-electron chi connectivity index (χ2n) is 7.80. The zero-order valence-corrected chi connectivity index (χ0v) is 16.5. The number of likely N-dealkylation sites (tertiary alicyclic amines) is 1. The molecule has 0 bridgehead atoms. The summed E-state index contributed by atoms with van der Waals surface area (Å²) >= 11 is 0. The van der Waals surface area contributed by atoms with Crippen LogP contribution in [0.15, 0.2) is 24.3 Å². The van der Waals surface area contributed by atoms with E-state index in [0.717, 1.165) is 38.5 Å². The molecular formula is C19H27Cl2N3O2. The van der Waals surface area contributed by atoms with Crippen molar-refractivity contribution in [1.82, 2.24) is 15.5 Å². The second kappa shape index (κ2) is 7.55. The van der Waals surface area contributed by atoms with Crippen LogP contribution in [0, 0.1) is 29.6 Å². The van der Waals surface area contributed by atoms with Crippen molar-refractivity contribution in [2.75, 3.05) is 39.8 Å². The Kier molecular flexibility index (Phi) is 5.73. The van der Waals surface area contributed by atoms with Gasteiger partial charge in [0, 0.05) is 31.5 Å². The Morgan fingerprint density at radius 3 is 2.27 bits per heavy atom. The summed E-state index contributed by atoms with van der Waals surface area (Å²) in [5.74, 6) is 3.87. The van der Waals surface area contributed by atoms with E-state index in [-0.39, 0.29) is 36.8 Å². The van der Waals surface area contributed by atoms with Crippen LogP contribution >= 0.6 is 24.8 Å². The van der Waals surface area contributed by atoms with Crippen molar-refractivity contribution in [2.45, 2.75) is 6.04 Å². The molecule has 5 nitrogen and oxygen atoms in total. The topological polar surface area (TPSA) is 53.6 Å². The normalized spacial score (nSPS) is 36.6. The van der Waals surface area contributed by atoms with Crippen molar-refractivity contribution >= 4 is 30.7 Å². The second-order valence-corrected chi connectivity index (χ2v) is 7.80. The number of carbonyl (C=O) groups is 1. The van der Waals surface area contributed by atoms with Gasteiger partial charge in [-0.3, -0.25) is 4.79 Å². The third-order valence-corrected chi connectivity index (χ3v) is 6.68. The summed E-state index contributed by atoms with van der Waals surface area (Å²) in [5.41, 5.74) is 1.25. The molecule has 3 heterocycles. The monoisotopic (exact) mass is 399 g/mol. The number of piperidine rings is 1. The van der Waals surface area contributed by atoms with Crippen molar-refractivity contribution in [3.63, 3.8) is 0 Å². The summed E-state index contributed by atoms with van der Waals surface area (Å²) in [6, 6.07) is 8.53. The molecule has 1 aliphatic carbocycles. The number of benzene rings is 1. The SMILES string of the molecule is COc1ccc([C@H]2[C@H]3CNC[C@H]3CN2C(=O)C2[C@H]3CNC[C@@H]23)cc1.Cl.Cl. The molecule has 1 aromatic carbocycles. The van der Waals surface area contributed by atoms with Crippen LogP contribution in [0.1, 0.15) is 11.6 Å². The van der Waals surface area contributed by atoms with Gasteiger partial charge in [-0.05, 0) is 48.5 Å². The minimum atomic E-state index is 0. The van der Waals surface area contributed by atoms with Crippen LogP contribution in [-0.2, 0) is 4.79 Å². The molecule has 26 heavy (non-hydrogen) atoms. The lowest BCUT2D eigenvalue weighted by Gasteiger charge is -2.29. The summed E-state index contributed by atoms with van der Waals surface area (Å²) in [5, 5.41) is 6.92. The lowest BCUT2D eigenvalue weighted by molar-refractivity contribution is -0.134. The van der Waals surface area contributed by atoms with Crippen molar-refractivity contribution in [2.24, 2.45) is 29.6 Å². The number of carbonyl (C=O) groups excluding carboxylic acids is 1. The van der Waals surface area contributed by atoms with Gasteiger partial charge in [0.05, 0.1) is 13.2 Å². The van der Waals surface area contributed by atoms with E-state index in [4.69, 9.17) is 4.74 Å². The Morgan fingerprint density at radius 2 is 1.62 bits per heavy atom. The molecule has 2 N–H and O–H groups in total. The average Bonchev–Trinajstić information content (AvgIpc) is 3.02. The van der Waals surface area contributed by atoms with Crippen molar-refractivity contribution in [3.05, 3.63) is 29.8 Å². The molecule has 0 aromatic heterocycles. The summed E-state index contributed by atoms with van der Waals surface area (Å²) in [6.07, 6.45) is 0. The number of fused-ring (bicyclic) bond motifs is 2. The first-order valence-corrected chi connectivity index (χ1v) is 9.14. The molecule has 144 valence electrons. The van der Waals surface area contributed by atoms with E-state index >= 15 is 0 Å². The van der Waals surface area contributed by atoms with Crippen LogP contribution in [0.25, 0.3) is 0 Å². The van der Waals surface area contributed by atoms with Gasteiger partial charge in [-0.15, -0.1) is 24.8 Å². The largest absolute Gasteiger partial charge is 0.497 e. The molecule has 1 amide bonds. The number of amides is 1. The molecule has 0 spiro atoms. The predicted molar refractivity (Wildman–Crippen MR) is 105 cm³/mol. The molecule has 5 rings (SSSR count). The standard InChI is InChI=1S/C19H25N3O2.2ClH/c1-24-13-4-2-11(3-5-13)18-14-7-20-6-12(14)10-22(18)19(23)17-15-8-21-9-16(15)17;;/h2-5,12,14-18,20-21H,6-10H2,1H3;2*1H/t12-,14-,15-,16+,17?,18-;;/m0../s1. The molecule has 4 fully saturated rings. The molecule has 1 saturated carbocycles. The number of hydrogen-bond donors (Lipinski definition) is 2.